The standard InChI is InChI=1S/C29H27Cl2N3O4S2/c1-16-12-22(24(35)32-20-10-6-8-18(30)14-20)26(39-16)34(28(37)38-29(3,4)5)27-23(13-17(2)40-27)25(36)33-21-11-7-9-19(31)15-21/h6-15H,1-5H3,(H,32,35)(H,33,36). The van der Waals surface area contributed by atoms with Crippen LogP contribution in [-0.2, 0) is 4.74 Å². The Morgan fingerprint density at radius 3 is 1.55 bits per heavy atom. The number of amides is 3. The molecule has 0 atom stereocenters. The van der Waals surface area contributed by atoms with Crippen LogP contribution in [0.5, 0.6) is 0 Å². The van der Waals surface area contributed by atoms with E-state index in [4.69, 9.17) is 27.9 Å². The Kier molecular flexibility index (Phi) is 8.90. The fourth-order valence-corrected chi connectivity index (χ4v) is 6.20. The lowest BCUT2D eigenvalue weighted by Gasteiger charge is -2.27. The predicted octanol–water partition coefficient (Wildman–Crippen LogP) is 9.31. The maximum Gasteiger partial charge on any atom is 0.420 e. The third-order valence-corrected chi connectivity index (χ3v) is 7.85. The second-order valence-electron chi connectivity index (χ2n) is 9.90. The molecule has 3 amide bonds. The van der Waals surface area contributed by atoms with E-state index in [9.17, 15) is 14.4 Å². The molecule has 0 aliphatic carbocycles. The molecule has 0 spiro atoms. The molecule has 208 valence electrons. The highest BCUT2D eigenvalue weighted by Crippen LogP contribution is 2.43. The zero-order chi connectivity index (χ0) is 29.2. The summed E-state index contributed by atoms with van der Waals surface area (Å²) >= 11 is 14.7. The van der Waals surface area contributed by atoms with Crippen LogP contribution < -0.4 is 15.5 Å². The lowest BCUT2D eigenvalue weighted by atomic mass is 10.2. The van der Waals surface area contributed by atoms with Crippen molar-refractivity contribution in [3.8, 4) is 0 Å². The average Bonchev–Trinajstić information content (AvgIpc) is 3.41. The summed E-state index contributed by atoms with van der Waals surface area (Å²) in [6.45, 7) is 8.93. The van der Waals surface area contributed by atoms with Crippen LogP contribution in [0.2, 0.25) is 10.0 Å². The van der Waals surface area contributed by atoms with Crippen molar-refractivity contribution < 1.29 is 19.1 Å². The molecule has 0 radical (unpaired) electrons. The van der Waals surface area contributed by atoms with Gasteiger partial charge < -0.3 is 15.4 Å². The molecule has 40 heavy (non-hydrogen) atoms. The van der Waals surface area contributed by atoms with Crippen LogP contribution >= 0.6 is 45.9 Å². The second-order valence-corrected chi connectivity index (χ2v) is 13.2. The largest absolute Gasteiger partial charge is 0.443 e. The lowest BCUT2D eigenvalue weighted by Crippen LogP contribution is -2.34. The van der Waals surface area contributed by atoms with Gasteiger partial charge in [-0.3, -0.25) is 9.59 Å². The molecule has 0 aliphatic rings. The highest BCUT2D eigenvalue weighted by atomic mass is 35.5. The average molecular weight is 617 g/mol. The van der Waals surface area contributed by atoms with Crippen molar-refractivity contribution in [1.82, 2.24) is 0 Å². The Labute approximate surface area is 250 Å². The van der Waals surface area contributed by atoms with Crippen LogP contribution in [0.15, 0.2) is 60.7 Å². The Balaban J connectivity index is 1.79. The molecule has 4 rings (SSSR count). The zero-order valence-corrected chi connectivity index (χ0v) is 25.6. The summed E-state index contributed by atoms with van der Waals surface area (Å²) < 4.78 is 5.77. The summed E-state index contributed by atoms with van der Waals surface area (Å²) in [5.74, 6) is -0.873. The van der Waals surface area contributed by atoms with Crippen molar-refractivity contribution in [2.75, 3.05) is 15.5 Å². The van der Waals surface area contributed by atoms with Crippen LogP contribution in [0.3, 0.4) is 0 Å². The van der Waals surface area contributed by atoms with E-state index in [1.165, 1.54) is 27.6 Å². The third-order valence-electron chi connectivity index (χ3n) is 5.31. The van der Waals surface area contributed by atoms with Gasteiger partial charge in [0.1, 0.15) is 15.6 Å². The van der Waals surface area contributed by atoms with Crippen molar-refractivity contribution in [1.29, 1.82) is 0 Å². The number of anilines is 4. The number of nitrogens with zero attached hydrogens (tertiary/aromatic N) is 1. The highest BCUT2D eigenvalue weighted by Gasteiger charge is 2.34. The van der Waals surface area contributed by atoms with Gasteiger partial charge in [0.05, 0.1) is 11.1 Å². The quantitative estimate of drug-likeness (QED) is 0.226. The first-order chi connectivity index (χ1) is 18.8. The van der Waals surface area contributed by atoms with Crippen molar-refractivity contribution in [3.05, 3.63) is 91.6 Å². The molecule has 7 nitrogen and oxygen atoms in total. The van der Waals surface area contributed by atoms with Gasteiger partial charge in [-0.15, -0.1) is 22.7 Å². The van der Waals surface area contributed by atoms with Crippen molar-refractivity contribution >= 4 is 85.2 Å². The Morgan fingerprint density at radius 1 is 0.750 bits per heavy atom. The molecular weight excluding hydrogens is 589 g/mol. The minimum atomic E-state index is -0.833. The number of rotatable bonds is 6. The topological polar surface area (TPSA) is 87.7 Å². The Hall–Kier alpha value is -3.37. The van der Waals surface area contributed by atoms with E-state index in [1.54, 1.807) is 81.4 Å². The Morgan fingerprint density at radius 2 is 1.18 bits per heavy atom. The van der Waals surface area contributed by atoms with Gasteiger partial charge in [0, 0.05) is 31.2 Å². The van der Waals surface area contributed by atoms with Gasteiger partial charge in [0.2, 0.25) is 0 Å². The molecule has 0 saturated carbocycles. The molecule has 0 bridgehead atoms. The number of halogens is 2. The fourth-order valence-electron chi connectivity index (χ4n) is 3.76. The van der Waals surface area contributed by atoms with Crippen LogP contribution in [0.25, 0.3) is 0 Å². The third kappa shape index (κ3) is 7.22. The Bertz CT molecular complexity index is 1490. The first kappa shape index (κ1) is 29.6. The smallest absolute Gasteiger partial charge is 0.420 e. The van der Waals surface area contributed by atoms with Crippen LogP contribution in [-0.4, -0.2) is 23.5 Å². The number of carbonyl (C=O) groups excluding carboxylic acids is 3. The second kappa shape index (κ2) is 12.0. The van der Waals surface area contributed by atoms with Gasteiger partial charge in [-0.1, -0.05) is 35.3 Å². The molecule has 2 aromatic heterocycles. The number of carbonyl (C=O) groups is 3. The normalized spacial score (nSPS) is 11.2. The van der Waals surface area contributed by atoms with Gasteiger partial charge in [-0.25, -0.2) is 9.69 Å². The number of thiophene rings is 2. The first-order valence-corrected chi connectivity index (χ1v) is 14.6. The summed E-state index contributed by atoms with van der Waals surface area (Å²) in [4.78, 5) is 43.6. The highest BCUT2D eigenvalue weighted by molar-refractivity contribution is 7.19. The minimum absolute atomic E-state index is 0.251. The summed E-state index contributed by atoms with van der Waals surface area (Å²) in [5, 5.41) is 7.28. The van der Waals surface area contributed by atoms with Gasteiger partial charge >= 0.3 is 6.09 Å². The van der Waals surface area contributed by atoms with E-state index < -0.39 is 23.5 Å². The number of nitrogens with one attached hydrogen (secondary N) is 2. The molecule has 0 saturated heterocycles. The number of ether oxygens (including phenoxy) is 1. The number of aryl methyl sites for hydroxylation is 2. The van der Waals surface area contributed by atoms with Gasteiger partial charge in [-0.05, 0) is 83.1 Å². The fraction of sp³-hybridized carbons (Fsp3) is 0.207. The summed E-state index contributed by atoms with van der Waals surface area (Å²) in [6.07, 6.45) is -0.718. The van der Waals surface area contributed by atoms with Crippen LogP contribution in [0, 0.1) is 13.8 Å². The lowest BCUT2D eigenvalue weighted by molar-refractivity contribution is 0.0600. The molecule has 4 aromatic rings. The van der Waals surface area contributed by atoms with Crippen molar-refractivity contribution in [3.63, 3.8) is 0 Å². The van der Waals surface area contributed by atoms with E-state index >= 15 is 0 Å². The molecule has 0 aliphatic heterocycles. The van der Waals surface area contributed by atoms with Gasteiger partial charge in [0.15, 0.2) is 0 Å². The summed E-state index contributed by atoms with van der Waals surface area (Å²) in [6, 6.07) is 17.0. The van der Waals surface area contributed by atoms with Gasteiger partial charge in [0.25, 0.3) is 11.8 Å². The minimum Gasteiger partial charge on any atom is -0.443 e. The SMILES string of the molecule is Cc1cc(C(=O)Nc2cccc(Cl)c2)c(N(C(=O)OC(C)(C)C)c2sc(C)cc2C(=O)Nc2cccc(Cl)c2)s1. The first-order valence-electron chi connectivity index (χ1n) is 12.2. The molecule has 2 N–H and O–H groups in total. The van der Waals surface area contributed by atoms with E-state index in [2.05, 4.69) is 10.6 Å². The number of benzene rings is 2. The van der Waals surface area contributed by atoms with E-state index in [-0.39, 0.29) is 11.1 Å². The zero-order valence-electron chi connectivity index (χ0n) is 22.4. The molecule has 2 aromatic carbocycles. The van der Waals surface area contributed by atoms with E-state index in [1.807, 2.05) is 13.8 Å². The monoisotopic (exact) mass is 615 g/mol. The maximum atomic E-state index is 13.8. The van der Waals surface area contributed by atoms with E-state index in [0.29, 0.717) is 31.4 Å². The van der Waals surface area contributed by atoms with Crippen LogP contribution in [0.1, 0.15) is 51.2 Å². The summed E-state index contributed by atoms with van der Waals surface area (Å²) in [7, 11) is 0. The van der Waals surface area contributed by atoms with Crippen LogP contribution in [0.4, 0.5) is 26.2 Å². The van der Waals surface area contributed by atoms with Crippen molar-refractivity contribution in [2.45, 2.75) is 40.2 Å². The maximum absolute atomic E-state index is 13.8. The molecule has 2 heterocycles. The molecular formula is C29H27Cl2N3O4S2. The number of hydrogen-bond acceptors (Lipinski definition) is 6. The van der Waals surface area contributed by atoms with Crippen molar-refractivity contribution in [2.24, 2.45) is 0 Å². The molecule has 11 heteroatoms. The predicted molar refractivity (Wildman–Crippen MR) is 165 cm³/mol. The molecule has 0 fully saturated rings. The molecule has 0 unspecified atom stereocenters. The van der Waals surface area contributed by atoms with Gasteiger partial charge in [-0.2, -0.15) is 0 Å². The number of hydrogen-bond donors (Lipinski definition) is 2. The summed E-state index contributed by atoms with van der Waals surface area (Å²) in [5.41, 5.74) is 0.677. The van der Waals surface area contributed by atoms with E-state index in [0.717, 1.165) is 9.75 Å².